The predicted octanol–water partition coefficient (Wildman–Crippen LogP) is 3.78. The zero-order chi connectivity index (χ0) is 13.6. The van der Waals surface area contributed by atoms with Crippen molar-refractivity contribution in [1.82, 2.24) is 5.32 Å². The number of nitrogens with one attached hydrogen (secondary N) is 1. The monoisotopic (exact) mass is 273 g/mol. The molecule has 1 aliphatic carbocycles. The first kappa shape index (κ1) is 15.7. The number of hydrogen-bond donors (Lipinski definition) is 2. The van der Waals surface area contributed by atoms with E-state index >= 15 is 0 Å². The number of thiol groups is 1. The number of amides is 1. The van der Waals surface area contributed by atoms with Gasteiger partial charge in [-0.2, -0.15) is 12.6 Å². The highest BCUT2D eigenvalue weighted by Gasteiger charge is 2.24. The Balaban J connectivity index is 2.21. The molecular formula is C14H27NO2S. The van der Waals surface area contributed by atoms with Crippen molar-refractivity contribution in [3.8, 4) is 0 Å². The first-order valence-corrected chi connectivity index (χ1v) is 7.64. The van der Waals surface area contributed by atoms with Crippen LogP contribution in [0, 0.1) is 5.92 Å². The van der Waals surface area contributed by atoms with Crippen LogP contribution in [0.2, 0.25) is 0 Å². The summed E-state index contributed by atoms with van der Waals surface area (Å²) in [5.41, 5.74) is -0.409. The fourth-order valence-electron chi connectivity index (χ4n) is 2.45. The van der Waals surface area contributed by atoms with E-state index in [9.17, 15) is 4.79 Å². The summed E-state index contributed by atoms with van der Waals surface area (Å²) in [5.74, 6) is 1.81. The SMILES string of the molecule is CC(C)(C)OC(=O)NC1CCC(CCCS)CC1. The van der Waals surface area contributed by atoms with Crippen molar-refractivity contribution in [3.63, 3.8) is 0 Å². The molecule has 1 fully saturated rings. The molecule has 1 amide bonds. The standard InChI is InChI=1S/C14H27NO2S/c1-14(2,3)17-13(16)15-12-8-6-11(7-9-12)5-4-10-18/h11-12,18H,4-10H2,1-3H3,(H,15,16). The number of alkyl carbamates (subject to hydrolysis) is 1. The molecule has 3 nitrogen and oxygen atoms in total. The van der Waals surface area contributed by atoms with E-state index in [1.807, 2.05) is 20.8 Å². The van der Waals surface area contributed by atoms with E-state index in [-0.39, 0.29) is 6.09 Å². The summed E-state index contributed by atoms with van der Waals surface area (Å²) in [6.45, 7) is 5.67. The van der Waals surface area contributed by atoms with Crippen LogP contribution in [0.3, 0.4) is 0 Å². The Hall–Kier alpha value is -0.380. The van der Waals surface area contributed by atoms with E-state index < -0.39 is 5.60 Å². The Morgan fingerprint density at radius 1 is 1.28 bits per heavy atom. The molecule has 1 saturated carbocycles. The van der Waals surface area contributed by atoms with Crippen LogP contribution in [0.5, 0.6) is 0 Å². The zero-order valence-corrected chi connectivity index (χ0v) is 12.8. The van der Waals surface area contributed by atoms with Crippen molar-refractivity contribution in [2.24, 2.45) is 5.92 Å². The molecule has 1 aliphatic rings. The van der Waals surface area contributed by atoms with E-state index in [0.29, 0.717) is 6.04 Å². The predicted molar refractivity (Wildman–Crippen MR) is 78.2 cm³/mol. The molecule has 0 saturated heterocycles. The van der Waals surface area contributed by atoms with E-state index in [1.54, 1.807) is 0 Å². The lowest BCUT2D eigenvalue weighted by molar-refractivity contribution is 0.0486. The number of rotatable bonds is 4. The average Bonchev–Trinajstić information content (AvgIpc) is 2.25. The molecule has 0 unspecified atom stereocenters. The number of carbonyl (C=O) groups is 1. The summed E-state index contributed by atoms with van der Waals surface area (Å²) in [6, 6.07) is 0.298. The van der Waals surface area contributed by atoms with Gasteiger partial charge in [0.05, 0.1) is 0 Å². The molecule has 1 N–H and O–H groups in total. The van der Waals surface area contributed by atoms with Gasteiger partial charge in [-0.1, -0.05) is 0 Å². The minimum absolute atomic E-state index is 0.277. The van der Waals surface area contributed by atoms with Crippen LogP contribution in [0.15, 0.2) is 0 Å². The van der Waals surface area contributed by atoms with Gasteiger partial charge >= 0.3 is 6.09 Å². The van der Waals surface area contributed by atoms with E-state index in [0.717, 1.165) is 24.5 Å². The van der Waals surface area contributed by atoms with Crippen molar-refractivity contribution in [2.75, 3.05) is 5.75 Å². The maximum absolute atomic E-state index is 11.6. The molecule has 0 spiro atoms. The summed E-state index contributed by atoms with van der Waals surface area (Å²) in [7, 11) is 0. The fourth-order valence-corrected chi connectivity index (χ4v) is 2.63. The minimum atomic E-state index is -0.409. The Morgan fingerprint density at radius 2 is 1.89 bits per heavy atom. The largest absolute Gasteiger partial charge is 0.444 e. The van der Waals surface area contributed by atoms with Crippen LogP contribution in [0.25, 0.3) is 0 Å². The Morgan fingerprint density at radius 3 is 2.39 bits per heavy atom. The second-order valence-corrected chi connectivity index (χ2v) is 6.68. The smallest absolute Gasteiger partial charge is 0.407 e. The van der Waals surface area contributed by atoms with Gasteiger partial charge in [0, 0.05) is 6.04 Å². The van der Waals surface area contributed by atoms with Crippen molar-refractivity contribution in [2.45, 2.75) is 70.9 Å². The number of hydrogen-bond acceptors (Lipinski definition) is 3. The van der Waals surface area contributed by atoms with Gasteiger partial charge in [0.15, 0.2) is 0 Å². The topological polar surface area (TPSA) is 38.3 Å². The van der Waals surface area contributed by atoms with Crippen LogP contribution in [0.1, 0.15) is 59.3 Å². The van der Waals surface area contributed by atoms with Gasteiger partial charge in [-0.25, -0.2) is 4.79 Å². The van der Waals surface area contributed by atoms with Gasteiger partial charge in [0.2, 0.25) is 0 Å². The lowest BCUT2D eigenvalue weighted by Crippen LogP contribution is -2.40. The quantitative estimate of drug-likeness (QED) is 0.765. The third kappa shape index (κ3) is 6.53. The lowest BCUT2D eigenvalue weighted by Gasteiger charge is -2.30. The summed E-state index contributed by atoms with van der Waals surface area (Å²) >= 11 is 4.25. The number of ether oxygens (including phenoxy) is 1. The van der Waals surface area contributed by atoms with Crippen LogP contribution in [0.4, 0.5) is 4.79 Å². The highest BCUT2D eigenvalue weighted by atomic mass is 32.1. The molecule has 18 heavy (non-hydrogen) atoms. The van der Waals surface area contributed by atoms with Crippen LogP contribution in [-0.2, 0) is 4.74 Å². The summed E-state index contributed by atoms with van der Waals surface area (Å²) in [5, 5.41) is 2.98. The van der Waals surface area contributed by atoms with Gasteiger partial charge in [0.1, 0.15) is 5.60 Å². The van der Waals surface area contributed by atoms with Gasteiger partial charge in [0.25, 0.3) is 0 Å². The molecule has 1 rings (SSSR count). The Bertz CT molecular complexity index is 255. The maximum atomic E-state index is 11.6. The first-order valence-electron chi connectivity index (χ1n) is 7.01. The molecule has 0 atom stereocenters. The van der Waals surface area contributed by atoms with Crippen molar-refractivity contribution in [3.05, 3.63) is 0 Å². The third-order valence-corrected chi connectivity index (χ3v) is 3.65. The van der Waals surface area contributed by atoms with Gasteiger partial charge in [-0.15, -0.1) is 0 Å². The zero-order valence-electron chi connectivity index (χ0n) is 11.9. The molecule has 4 heteroatoms. The molecule has 0 aromatic carbocycles. The van der Waals surface area contributed by atoms with Crippen molar-refractivity contribution in [1.29, 1.82) is 0 Å². The van der Waals surface area contributed by atoms with Crippen LogP contribution in [-0.4, -0.2) is 23.5 Å². The molecule has 0 aromatic heterocycles. The maximum Gasteiger partial charge on any atom is 0.407 e. The molecular weight excluding hydrogens is 246 g/mol. The normalized spacial score (nSPS) is 24.7. The highest BCUT2D eigenvalue weighted by molar-refractivity contribution is 7.80. The lowest BCUT2D eigenvalue weighted by atomic mass is 9.83. The molecule has 0 radical (unpaired) electrons. The first-order chi connectivity index (χ1) is 8.40. The second kappa shape index (κ2) is 7.27. The van der Waals surface area contributed by atoms with E-state index in [2.05, 4.69) is 17.9 Å². The van der Waals surface area contributed by atoms with E-state index in [4.69, 9.17) is 4.74 Å². The van der Waals surface area contributed by atoms with Gasteiger partial charge in [-0.3, -0.25) is 0 Å². The third-order valence-electron chi connectivity index (χ3n) is 3.34. The highest BCUT2D eigenvalue weighted by Crippen LogP contribution is 2.28. The molecule has 0 heterocycles. The molecule has 0 aliphatic heterocycles. The molecule has 0 bridgehead atoms. The van der Waals surface area contributed by atoms with Crippen LogP contribution < -0.4 is 5.32 Å². The van der Waals surface area contributed by atoms with Crippen molar-refractivity contribution >= 4 is 18.7 Å². The van der Waals surface area contributed by atoms with E-state index in [1.165, 1.54) is 25.7 Å². The van der Waals surface area contributed by atoms with Crippen LogP contribution >= 0.6 is 12.6 Å². The fraction of sp³-hybridized carbons (Fsp3) is 0.929. The van der Waals surface area contributed by atoms with Gasteiger partial charge in [-0.05, 0) is 71.0 Å². The number of carbonyl (C=O) groups excluding carboxylic acids is 1. The molecule has 106 valence electrons. The Labute approximate surface area is 116 Å². The van der Waals surface area contributed by atoms with Gasteiger partial charge < -0.3 is 10.1 Å². The average molecular weight is 273 g/mol. The summed E-state index contributed by atoms with van der Waals surface area (Å²) < 4.78 is 5.27. The van der Waals surface area contributed by atoms with Crippen molar-refractivity contribution < 1.29 is 9.53 Å². The minimum Gasteiger partial charge on any atom is -0.444 e. The summed E-state index contributed by atoms with van der Waals surface area (Å²) in [6.07, 6.45) is 6.80. The second-order valence-electron chi connectivity index (χ2n) is 6.23. The summed E-state index contributed by atoms with van der Waals surface area (Å²) in [4.78, 5) is 11.6. The molecule has 0 aromatic rings. The Kier molecular flexibility index (Phi) is 6.33.